The van der Waals surface area contributed by atoms with Gasteiger partial charge in [-0.25, -0.2) is 4.79 Å². The van der Waals surface area contributed by atoms with E-state index in [-0.39, 0.29) is 12.6 Å². The summed E-state index contributed by atoms with van der Waals surface area (Å²) in [6, 6.07) is 10.6. The van der Waals surface area contributed by atoms with E-state index in [1.165, 1.54) is 0 Å². The molecule has 0 bridgehead atoms. The largest absolute Gasteiger partial charge is 0.463 e. The summed E-state index contributed by atoms with van der Waals surface area (Å²) in [6.45, 7) is 3.96. The predicted octanol–water partition coefficient (Wildman–Crippen LogP) is 2.99. The molecule has 1 aromatic heterocycles. The number of aliphatic hydroxyl groups is 1. The lowest BCUT2D eigenvalue weighted by molar-refractivity contribution is 0.0360. The Morgan fingerprint density at radius 2 is 1.91 bits per heavy atom. The van der Waals surface area contributed by atoms with E-state index >= 15 is 0 Å². The van der Waals surface area contributed by atoms with Crippen LogP contribution in [0.15, 0.2) is 40.8 Å². The van der Waals surface area contributed by atoms with E-state index in [1.807, 2.05) is 24.3 Å². The van der Waals surface area contributed by atoms with Gasteiger partial charge < -0.3 is 20.2 Å². The molecule has 1 heterocycles. The third-order valence-electron chi connectivity index (χ3n) is 3.48. The number of rotatable bonds is 6. The van der Waals surface area contributed by atoms with Gasteiger partial charge in [0.05, 0.1) is 6.54 Å². The zero-order valence-electron chi connectivity index (χ0n) is 13.2. The van der Waals surface area contributed by atoms with Gasteiger partial charge >= 0.3 is 6.03 Å². The highest BCUT2D eigenvalue weighted by atomic mass is 35.5. The van der Waals surface area contributed by atoms with Gasteiger partial charge in [0.1, 0.15) is 17.1 Å². The first-order valence-corrected chi connectivity index (χ1v) is 7.80. The van der Waals surface area contributed by atoms with Gasteiger partial charge in [0.15, 0.2) is 0 Å². The van der Waals surface area contributed by atoms with Gasteiger partial charge in [-0.2, -0.15) is 0 Å². The molecular weight excluding hydrogens is 316 g/mol. The van der Waals surface area contributed by atoms with E-state index in [9.17, 15) is 9.90 Å². The fourth-order valence-corrected chi connectivity index (χ4v) is 2.22. The third-order valence-corrected chi connectivity index (χ3v) is 3.73. The van der Waals surface area contributed by atoms with Gasteiger partial charge in [0, 0.05) is 11.6 Å². The number of furan rings is 1. The molecule has 2 rings (SSSR count). The highest BCUT2D eigenvalue weighted by Crippen LogP contribution is 2.21. The third kappa shape index (κ3) is 5.30. The van der Waals surface area contributed by atoms with Gasteiger partial charge in [-0.05, 0) is 50.1 Å². The van der Waals surface area contributed by atoms with Crippen LogP contribution < -0.4 is 10.6 Å². The molecule has 23 heavy (non-hydrogen) atoms. The molecule has 3 N–H and O–H groups in total. The molecule has 5 nitrogen and oxygen atoms in total. The summed E-state index contributed by atoms with van der Waals surface area (Å²) in [5.41, 5.74) is -0.158. The fraction of sp³-hybridized carbons (Fsp3) is 0.353. The molecule has 0 aliphatic heterocycles. The maximum Gasteiger partial charge on any atom is 0.314 e. The normalized spacial score (nSPS) is 13.4. The molecule has 0 radical (unpaired) electrons. The Morgan fingerprint density at radius 3 is 2.52 bits per heavy atom. The SMILES string of the molecule is Cc1ccc(C(C)(O)CNC(=O)NCCc2ccc(Cl)cc2)o1. The minimum absolute atomic E-state index is 0.0622. The molecular formula is C17H21ClN2O3. The fourth-order valence-electron chi connectivity index (χ4n) is 2.10. The van der Waals surface area contributed by atoms with Crippen LogP contribution in [-0.4, -0.2) is 24.2 Å². The number of hydrogen-bond acceptors (Lipinski definition) is 3. The number of carbonyl (C=O) groups is 1. The molecule has 1 atom stereocenters. The molecule has 1 unspecified atom stereocenters. The summed E-state index contributed by atoms with van der Waals surface area (Å²) in [5, 5.41) is 16.4. The summed E-state index contributed by atoms with van der Waals surface area (Å²) in [4.78, 5) is 11.8. The Hall–Kier alpha value is -1.98. The summed E-state index contributed by atoms with van der Waals surface area (Å²) < 4.78 is 5.40. The minimum atomic E-state index is -1.25. The second-order valence-electron chi connectivity index (χ2n) is 5.67. The maximum absolute atomic E-state index is 11.8. The van der Waals surface area contributed by atoms with Crippen LogP contribution in [0.2, 0.25) is 5.02 Å². The van der Waals surface area contributed by atoms with Gasteiger partial charge in [-0.3, -0.25) is 0 Å². The Bertz CT molecular complexity index is 650. The summed E-state index contributed by atoms with van der Waals surface area (Å²) in [6.07, 6.45) is 0.707. The van der Waals surface area contributed by atoms with Crippen molar-refractivity contribution >= 4 is 17.6 Å². The summed E-state index contributed by atoms with van der Waals surface area (Å²) in [5.74, 6) is 1.14. The van der Waals surface area contributed by atoms with Crippen molar-refractivity contribution in [3.05, 3.63) is 58.5 Å². The van der Waals surface area contributed by atoms with Crippen LogP contribution in [0.1, 0.15) is 24.0 Å². The van der Waals surface area contributed by atoms with E-state index in [1.54, 1.807) is 26.0 Å². The number of carbonyl (C=O) groups excluding carboxylic acids is 1. The molecule has 124 valence electrons. The van der Waals surface area contributed by atoms with E-state index < -0.39 is 5.60 Å². The maximum atomic E-state index is 11.8. The van der Waals surface area contributed by atoms with Crippen LogP contribution in [0.3, 0.4) is 0 Å². The Kier molecular flexibility index (Phi) is 5.69. The first-order chi connectivity index (χ1) is 10.9. The zero-order valence-corrected chi connectivity index (χ0v) is 14.0. The van der Waals surface area contributed by atoms with Crippen molar-refractivity contribution in [2.75, 3.05) is 13.1 Å². The Balaban J connectivity index is 1.73. The number of halogens is 1. The molecule has 0 aliphatic rings. The Labute approximate surface area is 140 Å². The number of aryl methyl sites for hydroxylation is 1. The van der Waals surface area contributed by atoms with Crippen molar-refractivity contribution < 1.29 is 14.3 Å². The second kappa shape index (κ2) is 7.53. The van der Waals surface area contributed by atoms with Crippen molar-refractivity contribution in [2.24, 2.45) is 0 Å². The van der Waals surface area contributed by atoms with Gasteiger partial charge in [-0.1, -0.05) is 23.7 Å². The molecule has 0 spiro atoms. The van der Waals surface area contributed by atoms with Gasteiger partial charge in [-0.15, -0.1) is 0 Å². The standard InChI is InChI=1S/C17H21ClN2O3/c1-12-3-8-15(23-12)17(2,22)11-20-16(21)19-10-9-13-4-6-14(18)7-5-13/h3-8,22H,9-11H2,1-2H3,(H2,19,20,21). The summed E-state index contributed by atoms with van der Waals surface area (Å²) >= 11 is 5.82. The smallest absolute Gasteiger partial charge is 0.314 e. The van der Waals surface area contributed by atoms with Crippen molar-refractivity contribution in [3.63, 3.8) is 0 Å². The molecule has 0 fully saturated rings. The van der Waals surface area contributed by atoms with Crippen molar-refractivity contribution in [3.8, 4) is 0 Å². The predicted molar refractivity (Wildman–Crippen MR) is 89.6 cm³/mol. The topological polar surface area (TPSA) is 74.5 Å². The monoisotopic (exact) mass is 336 g/mol. The highest BCUT2D eigenvalue weighted by molar-refractivity contribution is 6.30. The van der Waals surface area contributed by atoms with E-state index in [4.69, 9.17) is 16.0 Å². The highest BCUT2D eigenvalue weighted by Gasteiger charge is 2.27. The number of benzene rings is 1. The number of hydrogen-bond donors (Lipinski definition) is 3. The molecule has 1 aromatic carbocycles. The first-order valence-electron chi connectivity index (χ1n) is 7.42. The lowest BCUT2D eigenvalue weighted by Crippen LogP contribution is -2.43. The van der Waals surface area contributed by atoms with Gasteiger partial charge in [0.2, 0.25) is 0 Å². The molecule has 2 aromatic rings. The van der Waals surface area contributed by atoms with Crippen LogP contribution >= 0.6 is 11.6 Å². The average Bonchev–Trinajstić information content (AvgIpc) is 2.95. The van der Waals surface area contributed by atoms with Crippen LogP contribution in [-0.2, 0) is 12.0 Å². The molecule has 0 saturated carbocycles. The molecule has 0 aliphatic carbocycles. The van der Waals surface area contributed by atoms with E-state index in [2.05, 4.69) is 10.6 Å². The van der Waals surface area contributed by atoms with E-state index in [0.717, 1.165) is 5.56 Å². The lowest BCUT2D eigenvalue weighted by Gasteiger charge is -2.21. The number of urea groups is 1. The average molecular weight is 337 g/mol. The quantitative estimate of drug-likeness (QED) is 0.759. The van der Waals surface area contributed by atoms with E-state index in [0.29, 0.717) is 29.5 Å². The van der Waals surface area contributed by atoms with Crippen LogP contribution in [0.4, 0.5) is 4.79 Å². The zero-order chi connectivity index (χ0) is 16.9. The lowest BCUT2D eigenvalue weighted by atomic mass is 10.0. The molecule has 6 heteroatoms. The van der Waals surface area contributed by atoms with Crippen molar-refractivity contribution in [2.45, 2.75) is 25.9 Å². The Morgan fingerprint density at radius 1 is 1.22 bits per heavy atom. The van der Waals surface area contributed by atoms with Gasteiger partial charge in [0.25, 0.3) is 0 Å². The first kappa shape index (κ1) is 17.4. The van der Waals surface area contributed by atoms with Crippen molar-refractivity contribution in [1.29, 1.82) is 0 Å². The van der Waals surface area contributed by atoms with Crippen LogP contribution in [0, 0.1) is 6.92 Å². The summed E-state index contributed by atoms with van der Waals surface area (Å²) in [7, 11) is 0. The molecule has 0 saturated heterocycles. The number of amides is 2. The minimum Gasteiger partial charge on any atom is -0.463 e. The number of nitrogens with one attached hydrogen (secondary N) is 2. The molecule has 2 amide bonds. The van der Waals surface area contributed by atoms with Crippen LogP contribution in [0.25, 0.3) is 0 Å². The van der Waals surface area contributed by atoms with Crippen LogP contribution in [0.5, 0.6) is 0 Å². The van der Waals surface area contributed by atoms with Crippen molar-refractivity contribution in [1.82, 2.24) is 10.6 Å². The second-order valence-corrected chi connectivity index (χ2v) is 6.11.